The average molecular weight is 185 g/mol. The molecule has 2 rings (SSSR count). The number of hydrogen-bond donors (Lipinski definition) is 1. The molecule has 0 bridgehead atoms. The van der Waals surface area contributed by atoms with Crippen molar-refractivity contribution >= 4 is 17.4 Å². The SMILES string of the molecule is O=C1c2cc(Cl)ccc2OC1O. The molecule has 0 fully saturated rings. The Labute approximate surface area is 73.5 Å². The van der Waals surface area contributed by atoms with Gasteiger partial charge >= 0.3 is 0 Å². The number of aliphatic hydroxyl groups excluding tert-OH is 1. The lowest BCUT2D eigenvalue weighted by Crippen LogP contribution is -2.18. The second-order valence-corrected chi connectivity index (χ2v) is 2.91. The van der Waals surface area contributed by atoms with Crippen LogP contribution in [-0.2, 0) is 0 Å². The Morgan fingerprint density at radius 1 is 1.50 bits per heavy atom. The number of Topliss-reactive ketones (excluding diaryl/α,β-unsaturated/α-hetero) is 1. The molecule has 12 heavy (non-hydrogen) atoms. The predicted octanol–water partition coefficient (Wildman–Crippen LogP) is 1.23. The van der Waals surface area contributed by atoms with E-state index in [1.54, 1.807) is 12.1 Å². The second kappa shape index (κ2) is 2.47. The van der Waals surface area contributed by atoms with Crippen LogP contribution >= 0.6 is 11.6 Å². The lowest BCUT2D eigenvalue weighted by Gasteiger charge is -1.98. The minimum absolute atomic E-state index is 0.343. The van der Waals surface area contributed by atoms with Gasteiger partial charge in [0.15, 0.2) is 0 Å². The summed E-state index contributed by atoms with van der Waals surface area (Å²) in [7, 11) is 0. The topological polar surface area (TPSA) is 46.5 Å². The number of rotatable bonds is 0. The molecule has 0 saturated carbocycles. The van der Waals surface area contributed by atoms with Crippen LogP contribution in [0, 0.1) is 0 Å². The molecule has 62 valence electrons. The van der Waals surface area contributed by atoms with Gasteiger partial charge in [0.1, 0.15) is 5.75 Å². The Hall–Kier alpha value is -1.06. The van der Waals surface area contributed by atoms with E-state index in [9.17, 15) is 4.79 Å². The van der Waals surface area contributed by atoms with Crippen LogP contribution in [0.15, 0.2) is 18.2 Å². The second-order valence-electron chi connectivity index (χ2n) is 2.47. The first-order valence-electron chi connectivity index (χ1n) is 3.37. The molecule has 1 aromatic carbocycles. The molecule has 0 amide bonds. The molecule has 0 saturated heterocycles. The van der Waals surface area contributed by atoms with E-state index in [0.717, 1.165) is 0 Å². The summed E-state index contributed by atoms with van der Waals surface area (Å²) in [6.45, 7) is 0. The lowest BCUT2D eigenvalue weighted by molar-refractivity contribution is 0.00866. The zero-order chi connectivity index (χ0) is 8.72. The fourth-order valence-corrected chi connectivity index (χ4v) is 1.28. The van der Waals surface area contributed by atoms with Crippen molar-refractivity contribution in [2.75, 3.05) is 0 Å². The summed E-state index contributed by atoms with van der Waals surface area (Å²) in [6.07, 6.45) is -1.36. The summed E-state index contributed by atoms with van der Waals surface area (Å²) >= 11 is 5.65. The van der Waals surface area contributed by atoms with Crippen LogP contribution in [-0.4, -0.2) is 17.2 Å². The summed E-state index contributed by atoms with van der Waals surface area (Å²) in [5.74, 6) is -0.0515. The fraction of sp³-hybridized carbons (Fsp3) is 0.125. The highest BCUT2D eigenvalue weighted by Crippen LogP contribution is 2.29. The van der Waals surface area contributed by atoms with Gasteiger partial charge in [-0.1, -0.05) is 11.6 Å². The average Bonchev–Trinajstić information content (AvgIpc) is 2.31. The Morgan fingerprint density at radius 3 is 3.00 bits per heavy atom. The van der Waals surface area contributed by atoms with Gasteiger partial charge in [0.2, 0.25) is 5.78 Å². The van der Waals surface area contributed by atoms with Crippen molar-refractivity contribution in [2.24, 2.45) is 0 Å². The number of ether oxygens (including phenoxy) is 1. The lowest BCUT2D eigenvalue weighted by atomic mass is 10.1. The zero-order valence-corrected chi connectivity index (χ0v) is 6.71. The van der Waals surface area contributed by atoms with Gasteiger partial charge in [0.25, 0.3) is 6.29 Å². The van der Waals surface area contributed by atoms with Gasteiger partial charge in [-0.05, 0) is 18.2 Å². The summed E-state index contributed by atoms with van der Waals surface area (Å²) in [6, 6.07) is 4.65. The third kappa shape index (κ3) is 0.983. The normalized spacial score (nSPS) is 20.5. The van der Waals surface area contributed by atoms with Crippen molar-refractivity contribution in [3.05, 3.63) is 28.8 Å². The molecule has 1 atom stereocenters. The number of ketones is 1. The molecular formula is C8H5ClO3. The van der Waals surface area contributed by atoms with Crippen molar-refractivity contribution in [1.82, 2.24) is 0 Å². The van der Waals surface area contributed by atoms with E-state index in [-0.39, 0.29) is 0 Å². The summed E-state index contributed by atoms with van der Waals surface area (Å²) in [5, 5.41) is 9.45. The van der Waals surface area contributed by atoms with Gasteiger partial charge in [-0.2, -0.15) is 0 Å². The van der Waals surface area contributed by atoms with Crippen molar-refractivity contribution in [3.63, 3.8) is 0 Å². The standard InChI is InChI=1S/C8H5ClO3/c9-4-1-2-6-5(3-4)7(10)8(11)12-6/h1-3,8,11H. The largest absolute Gasteiger partial charge is 0.456 e. The first-order valence-corrected chi connectivity index (χ1v) is 3.75. The smallest absolute Gasteiger partial charge is 0.262 e. The van der Waals surface area contributed by atoms with Gasteiger partial charge in [-0.3, -0.25) is 4.79 Å². The summed E-state index contributed by atoms with van der Waals surface area (Å²) in [4.78, 5) is 11.1. The van der Waals surface area contributed by atoms with E-state index < -0.39 is 12.1 Å². The molecule has 1 aliphatic heterocycles. The maximum Gasteiger partial charge on any atom is 0.262 e. The van der Waals surface area contributed by atoms with Gasteiger partial charge in [-0.25, -0.2) is 0 Å². The molecule has 0 aromatic heterocycles. The Balaban J connectivity index is 2.56. The van der Waals surface area contributed by atoms with E-state index in [1.807, 2.05) is 0 Å². The first kappa shape index (κ1) is 7.58. The third-order valence-electron chi connectivity index (χ3n) is 1.67. The number of benzene rings is 1. The van der Waals surface area contributed by atoms with Gasteiger partial charge in [-0.15, -0.1) is 0 Å². The molecule has 0 aliphatic carbocycles. The number of fused-ring (bicyclic) bond motifs is 1. The fourth-order valence-electron chi connectivity index (χ4n) is 1.10. The van der Waals surface area contributed by atoms with Crippen LogP contribution in [0.25, 0.3) is 0 Å². The molecule has 1 aromatic rings. The summed E-state index contributed by atoms with van der Waals surface area (Å²) < 4.78 is 4.82. The van der Waals surface area contributed by atoms with E-state index in [2.05, 4.69) is 0 Å². The van der Waals surface area contributed by atoms with Crippen molar-refractivity contribution in [1.29, 1.82) is 0 Å². The monoisotopic (exact) mass is 184 g/mol. The quantitative estimate of drug-likeness (QED) is 0.660. The van der Waals surface area contributed by atoms with Crippen molar-refractivity contribution in [2.45, 2.75) is 6.29 Å². The number of aliphatic hydroxyl groups is 1. The molecule has 3 nitrogen and oxygen atoms in total. The molecule has 1 aliphatic rings. The minimum Gasteiger partial charge on any atom is -0.456 e. The van der Waals surface area contributed by atoms with Crippen molar-refractivity contribution < 1.29 is 14.6 Å². The van der Waals surface area contributed by atoms with Crippen LogP contribution in [0.4, 0.5) is 0 Å². The predicted molar refractivity (Wildman–Crippen MR) is 42.4 cm³/mol. The minimum atomic E-state index is -1.36. The number of halogens is 1. The molecular weight excluding hydrogens is 180 g/mol. The van der Waals surface area contributed by atoms with E-state index >= 15 is 0 Å². The Bertz CT molecular complexity index is 348. The molecule has 0 spiro atoms. The zero-order valence-electron chi connectivity index (χ0n) is 5.95. The number of hydrogen-bond acceptors (Lipinski definition) is 3. The third-order valence-corrected chi connectivity index (χ3v) is 1.91. The van der Waals surface area contributed by atoms with E-state index in [1.165, 1.54) is 6.07 Å². The van der Waals surface area contributed by atoms with Crippen molar-refractivity contribution in [3.8, 4) is 5.75 Å². The van der Waals surface area contributed by atoms with Gasteiger partial charge in [0.05, 0.1) is 5.56 Å². The Kier molecular flexibility index (Phi) is 1.56. The molecule has 1 heterocycles. The molecule has 0 radical (unpaired) electrons. The van der Waals surface area contributed by atoms with Crippen LogP contribution in [0.2, 0.25) is 5.02 Å². The Morgan fingerprint density at radius 2 is 2.25 bits per heavy atom. The van der Waals surface area contributed by atoms with Crippen LogP contribution < -0.4 is 4.74 Å². The summed E-state index contributed by atoms with van der Waals surface area (Å²) in [5.41, 5.74) is 0.343. The molecule has 4 heteroatoms. The maximum absolute atomic E-state index is 11.1. The first-order chi connectivity index (χ1) is 5.68. The van der Waals surface area contributed by atoms with Crippen LogP contribution in [0.1, 0.15) is 10.4 Å². The van der Waals surface area contributed by atoms with Gasteiger partial charge < -0.3 is 9.84 Å². The number of carbonyl (C=O) groups is 1. The van der Waals surface area contributed by atoms with Gasteiger partial charge in [0, 0.05) is 5.02 Å². The van der Waals surface area contributed by atoms with E-state index in [0.29, 0.717) is 16.3 Å². The van der Waals surface area contributed by atoms with Crippen LogP contribution in [0.5, 0.6) is 5.75 Å². The number of carbonyl (C=O) groups excluding carboxylic acids is 1. The van der Waals surface area contributed by atoms with E-state index in [4.69, 9.17) is 21.4 Å². The molecule has 1 unspecified atom stereocenters. The maximum atomic E-state index is 11.1. The van der Waals surface area contributed by atoms with Crippen LogP contribution in [0.3, 0.4) is 0 Å². The highest BCUT2D eigenvalue weighted by molar-refractivity contribution is 6.31. The molecule has 1 N–H and O–H groups in total. The highest BCUT2D eigenvalue weighted by atomic mass is 35.5. The highest BCUT2D eigenvalue weighted by Gasteiger charge is 2.30.